The summed E-state index contributed by atoms with van der Waals surface area (Å²) in [4.78, 5) is 37.3. The molecule has 2 heterocycles. The average molecular weight is 362 g/mol. The van der Waals surface area contributed by atoms with Crippen molar-refractivity contribution >= 4 is 29.3 Å². The van der Waals surface area contributed by atoms with E-state index in [4.69, 9.17) is 4.74 Å². The van der Waals surface area contributed by atoms with Crippen molar-refractivity contribution in [2.45, 2.75) is 32.9 Å². The number of nitrogens with zero attached hydrogens (tertiary/aromatic N) is 2. The zero-order valence-electron chi connectivity index (χ0n) is 13.9. The Morgan fingerprint density at radius 2 is 2.08 bits per heavy atom. The van der Waals surface area contributed by atoms with Crippen LogP contribution in [0.3, 0.4) is 0 Å². The van der Waals surface area contributed by atoms with E-state index < -0.39 is 10.9 Å². The normalized spacial score (nSPS) is 21.8. The third-order valence-corrected chi connectivity index (χ3v) is 5.46. The largest absolute Gasteiger partial charge is 0.456 e. The van der Waals surface area contributed by atoms with Gasteiger partial charge in [0.05, 0.1) is 16.9 Å². The van der Waals surface area contributed by atoms with Crippen LogP contribution in [0.2, 0.25) is 0 Å². The lowest BCUT2D eigenvalue weighted by atomic mass is 9.89. The fourth-order valence-corrected chi connectivity index (χ4v) is 4.05. The van der Waals surface area contributed by atoms with Gasteiger partial charge < -0.3 is 9.64 Å². The van der Waals surface area contributed by atoms with Gasteiger partial charge >= 0.3 is 5.97 Å². The quantitative estimate of drug-likeness (QED) is 0.334. The van der Waals surface area contributed by atoms with Crippen LogP contribution in [-0.2, 0) is 20.9 Å². The van der Waals surface area contributed by atoms with E-state index in [-0.39, 0.29) is 30.2 Å². The summed E-state index contributed by atoms with van der Waals surface area (Å²) in [6.07, 6.45) is 0.702. The predicted molar refractivity (Wildman–Crippen MR) is 92.5 cm³/mol. The molecule has 1 aromatic rings. The number of thioether (sulfide) groups is 1. The van der Waals surface area contributed by atoms with E-state index in [0.717, 1.165) is 10.7 Å². The lowest BCUT2D eigenvalue weighted by Crippen LogP contribution is -2.57. The lowest BCUT2D eigenvalue weighted by molar-refractivity contribution is -0.384. The van der Waals surface area contributed by atoms with Crippen molar-refractivity contribution in [3.05, 3.63) is 50.5 Å². The number of rotatable bonds is 6. The zero-order chi connectivity index (χ0) is 18.1. The van der Waals surface area contributed by atoms with Crippen molar-refractivity contribution in [2.75, 3.05) is 5.75 Å². The van der Waals surface area contributed by atoms with Crippen molar-refractivity contribution in [1.29, 1.82) is 0 Å². The molecule has 0 aromatic heterocycles. The molecule has 3 rings (SSSR count). The van der Waals surface area contributed by atoms with Crippen LogP contribution in [-0.4, -0.2) is 33.5 Å². The molecule has 0 spiro atoms. The van der Waals surface area contributed by atoms with Crippen LogP contribution in [0.1, 0.15) is 25.8 Å². The topological polar surface area (TPSA) is 89.8 Å². The molecule has 25 heavy (non-hydrogen) atoms. The van der Waals surface area contributed by atoms with Gasteiger partial charge in [-0.2, -0.15) is 0 Å². The highest BCUT2D eigenvalue weighted by molar-refractivity contribution is 8.03. The lowest BCUT2D eigenvalue weighted by Gasteiger charge is -2.41. The van der Waals surface area contributed by atoms with Crippen LogP contribution < -0.4 is 0 Å². The predicted octanol–water partition coefficient (Wildman–Crippen LogP) is 2.85. The molecule has 1 saturated heterocycles. The maximum Gasteiger partial charge on any atom is 0.356 e. The van der Waals surface area contributed by atoms with E-state index in [1.807, 2.05) is 13.8 Å². The van der Waals surface area contributed by atoms with Crippen molar-refractivity contribution in [1.82, 2.24) is 4.90 Å². The molecular formula is C17H18N2O5S. The van der Waals surface area contributed by atoms with Gasteiger partial charge in [0.1, 0.15) is 12.3 Å². The first-order valence-electron chi connectivity index (χ1n) is 8.03. The molecule has 0 aliphatic carbocycles. The molecule has 0 N–H and O–H groups in total. The number of nitro groups is 1. The first kappa shape index (κ1) is 17.5. The molecule has 0 bridgehead atoms. The summed E-state index contributed by atoms with van der Waals surface area (Å²) in [5.41, 5.74) is 1.00. The Morgan fingerprint density at radius 1 is 1.40 bits per heavy atom. The van der Waals surface area contributed by atoms with E-state index >= 15 is 0 Å². The Morgan fingerprint density at radius 3 is 2.68 bits per heavy atom. The number of carbonyl (C=O) groups is 2. The van der Waals surface area contributed by atoms with Gasteiger partial charge in [-0.1, -0.05) is 13.8 Å². The number of non-ortho nitro benzene ring substituents is 1. The summed E-state index contributed by atoms with van der Waals surface area (Å²) in [5.74, 6) is 0.195. The third kappa shape index (κ3) is 3.13. The number of hydrogen-bond acceptors (Lipinski definition) is 6. The second-order valence-corrected chi connectivity index (χ2v) is 7.33. The highest BCUT2D eigenvalue weighted by atomic mass is 32.2. The summed E-state index contributed by atoms with van der Waals surface area (Å²) in [6, 6.07) is 5.90. The number of benzene rings is 1. The molecule has 2 aliphatic heterocycles. The van der Waals surface area contributed by atoms with Gasteiger partial charge in [-0.25, -0.2) is 4.79 Å². The molecule has 8 heteroatoms. The SMILES string of the molecule is CCSC1=C(C(=O)OCc2ccc([N+](=O)[O-])cc2)N2C(=O)[C@@H](C)C2C1. The number of nitro benzene ring substituents is 1. The Bertz CT molecular complexity index is 759. The standard InChI is InChI=1S/C17H18N2O5S/c1-3-25-14-8-13-10(2)16(20)18(13)15(14)17(21)24-9-11-4-6-12(7-5-11)19(22)23/h4-7,10,13H,3,8-9H2,1-2H3/t10-,13?/m0/s1. The van der Waals surface area contributed by atoms with Gasteiger partial charge in [0, 0.05) is 23.5 Å². The van der Waals surface area contributed by atoms with Crippen LogP contribution in [0.25, 0.3) is 0 Å². The van der Waals surface area contributed by atoms with Gasteiger partial charge in [0.2, 0.25) is 5.91 Å². The van der Waals surface area contributed by atoms with Crippen LogP contribution in [0, 0.1) is 16.0 Å². The number of amides is 1. The molecule has 1 unspecified atom stereocenters. The zero-order valence-corrected chi connectivity index (χ0v) is 14.7. The van der Waals surface area contributed by atoms with Crippen LogP contribution >= 0.6 is 11.8 Å². The maximum atomic E-state index is 12.5. The summed E-state index contributed by atoms with van der Waals surface area (Å²) < 4.78 is 5.35. The smallest absolute Gasteiger partial charge is 0.356 e. The Labute approximate surface area is 149 Å². The second kappa shape index (κ2) is 6.87. The van der Waals surface area contributed by atoms with Crippen molar-refractivity contribution in [3.8, 4) is 0 Å². The summed E-state index contributed by atoms with van der Waals surface area (Å²) >= 11 is 1.56. The Kier molecular flexibility index (Phi) is 4.80. The van der Waals surface area contributed by atoms with Gasteiger partial charge in [-0.3, -0.25) is 14.9 Å². The number of carbonyl (C=O) groups excluding carboxylic acids is 2. The first-order valence-corrected chi connectivity index (χ1v) is 9.02. The van der Waals surface area contributed by atoms with E-state index in [0.29, 0.717) is 17.7 Å². The number of fused-ring (bicyclic) bond motifs is 1. The minimum atomic E-state index is -0.517. The van der Waals surface area contributed by atoms with E-state index in [9.17, 15) is 19.7 Å². The Balaban J connectivity index is 1.70. The van der Waals surface area contributed by atoms with Crippen LogP contribution in [0.15, 0.2) is 34.9 Å². The molecule has 1 aromatic carbocycles. The van der Waals surface area contributed by atoms with Gasteiger partial charge in [-0.05, 0) is 23.4 Å². The molecule has 132 valence electrons. The number of hydrogen-bond donors (Lipinski definition) is 0. The van der Waals surface area contributed by atoms with E-state index in [2.05, 4.69) is 0 Å². The molecule has 0 radical (unpaired) electrons. The molecule has 1 fully saturated rings. The van der Waals surface area contributed by atoms with Gasteiger partial charge in [0.25, 0.3) is 5.69 Å². The van der Waals surface area contributed by atoms with Crippen LogP contribution in [0.5, 0.6) is 0 Å². The monoisotopic (exact) mass is 362 g/mol. The summed E-state index contributed by atoms with van der Waals surface area (Å²) in [6.45, 7) is 3.88. The first-order chi connectivity index (χ1) is 11.9. The molecule has 7 nitrogen and oxygen atoms in total. The maximum absolute atomic E-state index is 12.5. The molecular weight excluding hydrogens is 344 g/mol. The highest BCUT2D eigenvalue weighted by Gasteiger charge is 2.53. The Hall–Kier alpha value is -2.35. The van der Waals surface area contributed by atoms with Crippen LogP contribution in [0.4, 0.5) is 5.69 Å². The molecule has 2 aliphatic rings. The molecule has 0 saturated carbocycles. The number of β-lactam (4-membered cyclic amide) rings is 1. The number of esters is 1. The van der Waals surface area contributed by atoms with E-state index in [1.165, 1.54) is 12.1 Å². The fourth-order valence-electron chi connectivity index (χ4n) is 3.10. The van der Waals surface area contributed by atoms with Crippen molar-refractivity contribution in [3.63, 3.8) is 0 Å². The minimum Gasteiger partial charge on any atom is -0.456 e. The fraction of sp³-hybridized carbons (Fsp3) is 0.412. The summed E-state index contributed by atoms with van der Waals surface area (Å²) in [7, 11) is 0. The second-order valence-electron chi connectivity index (χ2n) is 5.97. The average Bonchev–Trinajstić information content (AvgIpc) is 2.95. The highest BCUT2D eigenvalue weighted by Crippen LogP contribution is 2.45. The number of ether oxygens (including phenoxy) is 1. The van der Waals surface area contributed by atoms with Crippen molar-refractivity contribution in [2.24, 2.45) is 5.92 Å². The molecule has 2 atom stereocenters. The van der Waals surface area contributed by atoms with E-state index in [1.54, 1.807) is 28.8 Å². The van der Waals surface area contributed by atoms with Gasteiger partial charge in [0.15, 0.2) is 0 Å². The molecule has 1 amide bonds. The van der Waals surface area contributed by atoms with Gasteiger partial charge in [-0.15, -0.1) is 11.8 Å². The summed E-state index contributed by atoms with van der Waals surface area (Å²) in [5, 5.41) is 10.7. The minimum absolute atomic E-state index is 0.00660. The van der Waals surface area contributed by atoms with Crippen molar-refractivity contribution < 1.29 is 19.2 Å². The third-order valence-electron chi connectivity index (χ3n) is 4.46.